The first kappa shape index (κ1) is 12.6. The lowest BCUT2D eigenvalue weighted by Crippen LogP contribution is -2.13. The molecule has 0 heterocycles. The smallest absolute Gasteiger partial charge is 0.255 e. The summed E-state index contributed by atoms with van der Waals surface area (Å²) in [7, 11) is 0. The topological polar surface area (TPSA) is 73.1 Å². The monoisotopic (exact) mass is 256 g/mol. The van der Waals surface area contributed by atoms with Crippen LogP contribution >= 0.6 is 0 Å². The maximum atomic E-state index is 13.3. The molecule has 0 saturated heterocycles. The van der Waals surface area contributed by atoms with Gasteiger partial charge in [-0.05, 0) is 36.4 Å². The van der Waals surface area contributed by atoms with E-state index >= 15 is 0 Å². The van der Waals surface area contributed by atoms with Gasteiger partial charge in [0, 0.05) is 5.56 Å². The highest BCUT2D eigenvalue weighted by Gasteiger charge is 2.11. The van der Waals surface area contributed by atoms with Gasteiger partial charge in [-0.2, -0.15) is 5.26 Å². The molecule has 19 heavy (non-hydrogen) atoms. The number of rotatable bonds is 2. The van der Waals surface area contributed by atoms with Gasteiger partial charge in [-0.25, -0.2) is 4.39 Å². The van der Waals surface area contributed by atoms with Gasteiger partial charge in [0.25, 0.3) is 5.91 Å². The van der Waals surface area contributed by atoms with E-state index in [9.17, 15) is 9.18 Å². The SMILES string of the molecule is N#Cc1c(F)cccc1NC(=O)c1ccc(O)cc1. The molecule has 0 atom stereocenters. The molecule has 5 heteroatoms. The van der Waals surface area contributed by atoms with Crippen LogP contribution in [0.25, 0.3) is 0 Å². The van der Waals surface area contributed by atoms with Gasteiger partial charge in [0.05, 0.1) is 5.69 Å². The summed E-state index contributed by atoms with van der Waals surface area (Å²) < 4.78 is 13.3. The van der Waals surface area contributed by atoms with E-state index in [4.69, 9.17) is 10.4 Å². The van der Waals surface area contributed by atoms with Crippen molar-refractivity contribution >= 4 is 11.6 Å². The number of aromatic hydroxyl groups is 1. The van der Waals surface area contributed by atoms with Crippen molar-refractivity contribution in [3.8, 4) is 11.8 Å². The first-order valence-corrected chi connectivity index (χ1v) is 5.41. The van der Waals surface area contributed by atoms with Crippen LogP contribution in [0.1, 0.15) is 15.9 Å². The van der Waals surface area contributed by atoms with Crippen LogP contribution in [0.4, 0.5) is 10.1 Å². The molecule has 1 amide bonds. The van der Waals surface area contributed by atoms with Crippen LogP contribution in [0, 0.1) is 17.1 Å². The zero-order chi connectivity index (χ0) is 13.8. The molecule has 94 valence electrons. The highest BCUT2D eigenvalue weighted by molar-refractivity contribution is 6.04. The second-order valence-corrected chi connectivity index (χ2v) is 3.78. The van der Waals surface area contributed by atoms with E-state index in [2.05, 4.69) is 5.32 Å². The Hall–Kier alpha value is -2.87. The lowest BCUT2D eigenvalue weighted by atomic mass is 10.1. The van der Waals surface area contributed by atoms with Gasteiger partial charge >= 0.3 is 0 Å². The number of hydrogen-bond donors (Lipinski definition) is 2. The Kier molecular flexibility index (Phi) is 3.44. The van der Waals surface area contributed by atoms with Crippen LogP contribution in [0.5, 0.6) is 5.75 Å². The third kappa shape index (κ3) is 2.69. The molecule has 2 rings (SSSR count). The van der Waals surface area contributed by atoms with Crippen LogP contribution in [-0.4, -0.2) is 11.0 Å². The fourth-order valence-electron chi connectivity index (χ4n) is 1.55. The van der Waals surface area contributed by atoms with Gasteiger partial charge in [0.2, 0.25) is 0 Å². The van der Waals surface area contributed by atoms with Crippen LogP contribution < -0.4 is 5.32 Å². The molecule has 0 aliphatic heterocycles. The van der Waals surface area contributed by atoms with E-state index in [-0.39, 0.29) is 17.0 Å². The lowest BCUT2D eigenvalue weighted by Gasteiger charge is -2.07. The summed E-state index contributed by atoms with van der Waals surface area (Å²) in [4.78, 5) is 11.9. The van der Waals surface area contributed by atoms with Crippen LogP contribution in [0.15, 0.2) is 42.5 Å². The minimum Gasteiger partial charge on any atom is -0.508 e. The van der Waals surface area contributed by atoms with Crippen LogP contribution in [-0.2, 0) is 0 Å². The maximum Gasteiger partial charge on any atom is 0.255 e. The van der Waals surface area contributed by atoms with Crippen molar-refractivity contribution in [3.05, 3.63) is 59.4 Å². The third-order valence-corrected chi connectivity index (χ3v) is 2.50. The predicted octanol–water partition coefficient (Wildman–Crippen LogP) is 2.66. The van der Waals surface area contributed by atoms with Gasteiger partial charge in [-0.3, -0.25) is 4.79 Å². The number of anilines is 1. The summed E-state index contributed by atoms with van der Waals surface area (Å²) in [6.45, 7) is 0. The zero-order valence-corrected chi connectivity index (χ0v) is 9.72. The summed E-state index contributed by atoms with van der Waals surface area (Å²) >= 11 is 0. The lowest BCUT2D eigenvalue weighted by molar-refractivity contribution is 0.102. The number of halogens is 1. The van der Waals surface area contributed by atoms with Gasteiger partial charge in [-0.1, -0.05) is 6.07 Å². The van der Waals surface area contributed by atoms with E-state index in [1.54, 1.807) is 6.07 Å². The van der Waals surface area contributed by atoms with Crippen molar-refractivity contribution in [1.82, 2.24) is 0 Å². The summed E-state index contributed by atoms with van der Waals surface area (Å²) in [5.74, 6) is -1.13. The zero-order valence-electron chi connectivity index (χ0n) is 9.72. The number of nitrogens with one attached hydrogen (secondary N) is 1. The predicted molar refractivity (Wildman–Crippen MR) is 67.2 cm³/mol. The quantitative estimate of drug-likeness (QED) is 0.867. The highest BCUT2D eigenvalue weighted by atomic mass is 19.1. The number of amides is 1. The van der Waals surface area contributed by atoms with Crippen LogP contribution in [0.3, 0.4) is 0 Å². The van der Waals surface area contributed by atoms with Crippen molar-refractivity contribution in [2.75, 3.05) is 5.32 Å². The summed E-state index contributed by atoms with van der Waals surface area (Å²) in [6, 6.07) is 11.3. The minimum atomic E-state index is -0.689. The second-order valence-electron chi connectivity index (χ2n) is 3.78. The molecule has 4 nitrogen and oxygen atoms in total. The maximum absolute atomic E-state index is 13.3. The molecule has 0 bridgehead atoms. The van der Waals surface area contributed by atoms with Crippen molar-refractivity contribution in [3.63, 3.8) is 0 Å². The Bertz CT molecular complexity index is 660. The van der Waals surface area contributed by atoms with E-state index in [0.29, 0.717) is 5.56 Å². The number of phenols is 1. The molecule has 0 unspecified atom stereocenters. The number of nitrogens with zero attached hydrogens (tertiary/aromatic N) is 1. The normalized spacial score (nSPS) is 9.68. The number of benzene rings is 2. The van der Waals surface area contributed by atoms with Crippen LogP contribution in [0.2, 0.25) is 0 Å². The summed E-state index contributed by atoms with van der Waals surface area (Å²) in [5.41, 5.74) is 0.196. The van der Waals surface area contributed by atoms with Crippen molar-refractivity contribution in [2.45, 2.75) is 0 Å². The summed E-state index contributed by atoms with van der Waals surface area (Å²) in [5, 5.41) is 20.4. The number of hydrogen-bond acceptors (Lipinski definition) is 3. The molecule has 2 N–H and O–H groups in total. The largest absolute Gasteiger partial charge is 0.508 e. The van der Waals surface area contributed by atoms with Gasteiger partial charge in [0.15, 0.2) is 0 Å². The number of nitriles is 1. The molecule has 2 aromatic carbocycles. The van der Waals surface area contributed by atoms with Crippen molar-refractivity contribution in [1.29, 1.82) is 5.26 Å². The van der Waals surface area contributed by atoms with Crippen molar-refractivity contribution < 1.29 is 14.3 Å². The Labute approximate surface area is 108 Å². The molecular formula is C14H9FN2O2. The molecule has 0 aromatic heterocycles. The first-order valence-electron chi connectivity index (χ1n) is 5.41. The van der Waals surface area contributed by atoms with E-state index < -0.39 is 11.7 Å². The number of carbonyl (C=O) groups excluding carboxylic acids is 1. The Morgan fingerprint density at radius 3 is 2.53 bits per heavy atom. The van der Waals surface area contributed by atoms with E-state index in [1.807, 2.05) is 0 Å². The molecular weight excluding hydrogens is 247 g/mol. The molecule has 0 spiro atoms. The fraction of sp³-hybridized carbons (Fsp3) is 0. The first-order chi connectivity index (χ1) is 9.11. The molecule has 2 aromatic rings. The standard InChI is InChI=1S/C14H9FN2O2/c15-12-2-1-3-13(11(12)8-16)17-14(19)9-4-6-10(18)7-5-9/h1-7,18H,(H,17,19). The van der Waals surface area contributed by atoms with Gasteiger partial charge < -0.3 is 10.4 Å². The molecule has 0 aliphatic rings. The molecule has 0 aliphatic carbocycles. The fourth-order valence-corrected chi connectivity index (χ4v) is 1.55. The van der Waals surface area contributed by atoms with Gasteiger partial charge in [-0.15, -0.1) is 0 Å². The van der Waals surface area contributed by atoms with E-state index in [1.165, 1.54) is 36.4 Å². The number of carbonyl (C=O) groups is 1. The molecule has 0 radical (unpaired) electrons. The average molecular weight is 256 g/mol. The van der Waals surface area contributed by atoms with E-state index in [0.717, 1.165) is 6.07 Å². The van der Waals surface area contributed by atoms with Gasteiger partial charge in [0.1, 0.15) is 23.2 Å². The Morgan fingerprint density at radius 2 is 1.89 bits per heavy atom. The molecule has 0 fully saturated rings. The minimum absolute atomic E-state index is 0.0417. The number of phenolic OH excluding ortho intramolecular Hbond substituents is 1. The Morgan fingerprint density at radius 1 is 1.21 bits per heavy atom. The Balaban J connectivity index is 2.27. The molecule has 0 saturated carbocycles. The average Bonchev–Trinajstić information content (AvgIpc) is 2.39. The highest BCUT2D eigenvalue weighted by Crippen LogP contribution is 2.19. The summed E-state index contributed by atoms with van der Waals surface area (Å²) in [6.07, 6.45) is 0. The third-order valence-electron chi connectivity index (χ3n) is 2.50. The second kappa shape index (κ2) is 5.19. The van der Waals surface area contributed by atoms with Crippen molar-refractivity contribution in [2.24, 2.45) is 0 Å².